The lowest BCUT2D eigenvalue weighted by molar-refractivity contribution is 0.0937. The van der Waals surface area contributed by atoms with Crippen molar-refractivity contribution in [2.45, 2.75) is 6.42 Å². The van der Waals surface area contributed by atoms with E-state index in [2.05, 4.69) is 15.6 Å². The number of nitrogens with zero attached hydrogens (tertiary/aromatic N) is 1. The Bertz CT molecular complexity index is 632. The zero-order valence-corrected chi connectivity index (χ0v) is 13.8. The third-order valence-electron chi connectivity index (χ3n) is 3.25. The summed E-state index contributed by atoms with van der Waals surface area (Å²) >= 11 is 5.86. The number of halogens is 1. The molecular weight excluding hydrogens is 314 g/mol. The van der Waals surface area contributed by atoms with E-state index in [9.17, 15) is 4.79 Å². The van der Waals surface area contributed by atoms with Gasteiger partial charge in [0.25, 0.3) is 5.91 Å². The molecule has 0 spiro atoms. The molecule has 0 radical (unpaired) electrons. The number of aromatic nitrogens is 1. The summed E-state index contributed by atoms with van der Waals surface area (Å²) in [7, 11) is 1.60. The topological polar surface area (TPSA) is 63.2 Å². The number of methoxy groups -OCH3 is 1. The number of amides is 1. The number of ether oxygens (including phenoxy) is 1. The van der Waals surface area contributed by atoms with Gasteiger partial charge in [-0.2, -0.15) is 0 Å². The van der Waals surface area contributed by atoms with Crippen LogP contribution in [0.5, 0.6) is 0 Å². The van der Waals surface area contributed by atoms with E-state index in [1.54, 1.807) is 25.6 Å². The third-order valence-corrected chi connectivity index (χ3v) is 3.50. The Morgan fingerprint density at radius 1 is 1.22 bits per heavy atom. The van der Waals surface area contributed by atoms with Crippen molar-refractivity contribution in [2.24, 2.45) is 0 Å². The van der Waals surface area contributed by atoms with E-state index in [1.165, 1.54) is 5.56 Å². The lowest BCUT2D eigenvalue weighted by atomic mass is 10.1. The number of hydrogen-bond acceptors (Lipinski definition) is 4. The molecule has 23 heavy (non-hydrogen) atoms. The normalized spacial score (nSPS) is 10.3. The maximum Gasteiger partial charge on any atom is 0.253 e. The highest BCUT2D eigenvalue weighted by molar-refractivity contribution is 6.30. The summed E-state index contributed by atoms with van der Waals surface area (Å²) in [4.78, 5) is 16.1. The average molecular weight is 334 g/mol. The first-order valence-electron chi connectivity index (χ1n) is 7.39. The molecule has 1 amide bonds. The summed E-state index contributed by atoms with van der Waals surface area (Å²) < 4.78 is 4.90. The number of hydrogen-bond donors (Lipinski definition) is 2. The predicted molar refractivity (Wildman–Crippen MR) is 92.1 cm³/mol. The van der Waals surface area contributed by atoms with Crippen molar-refractivity contribution in [1.29, 1.82) is 0 Å². The largest absolute Gasteiger partial charge is 0.383 e. The van der Waals surface area contributed by atoms with Crippen LogP contribution in [0.25, 0.3) is 0 Å². The van der Waals surface area contributed by atoms with Crippen molar-refractivity contribution in [3.05, 3.63) is 58.9 Å². The standard InChI is InChI=1S/C17H20ClN3O2/c1-23-9-8-21-17(22)14-10-16(12-19-11-14)20-7-6-13-2-4-15(18)5-3-13/h2-5,10-12,20H,6-9H2,1H3,(H,21,22). The number of benzene rings is 1. The van der Waals surface area contributed by atoms with E-state index in [4.69, 9.17) is 16.3 Å². The van der Waals surface area contributed by atoms with Gasteiger partial charge in [-0.3, -0.25) is 9.78 Å². The fourth-order valence-corrected chi connectivity index (χ4v) is 2.16. The Labute approximate surface area is 141 Å². The van der Waals surface area contributed by atoms with Crippen molar-refractivity contribution >= 4 is 23.2 Å². The molecule has 1 aromatic carbocycles. The maximum absolute atomic E-state index is 12.0. The van der Waals surface area contributed by atoms with Crippen LogP contribution >= 0.6 is 11.6 Å². The van der Waals surface area contributed by atoms with Crippen LogP contribution in [-0.2, 0) is 11.2 Å². The quantitative estimate of drug-likeness (QED) is 0.729. The van der Waals surface area contributed by atoms with Gasteiger partial charge in [-0.25, -0.2) is 0 Å². The molecule has 0 bridgehead atoms. The van der Waals surface area contributed by atoms with Crippen LogP contribution < -0.4 is 10.6 Å². The average Bonchev–Trinajstić information content (AvgIpc) is 2.57. The number of pyridine rings is 1. The van der Waals surface area contributed by atoms with Gasteiger partial charge < -0.3 is 15.4 Å². The molecule has 5 nitrogen and oxygen atoms in total. The zero-order valence-electron chi connectivity index (χ0n) is 13.0. The van der Waals surface area contributed by atoms with E-state index in [1.807, 2.05) is 24.3 Å². The minimum absolute atomic E-state index is 0.157. The first-order chi connectivity index (χ1) is 11.2. The molecular formula is C17H20ClN3O2. The van der Waals surface area contributed by atoms with Crippen molar-refractivity contribution in [3.8, 4) is 0 Å². The summed E-state index contributed by atoms with van der Waals surface area (Å²) in [5.74, 6) is -0.157. The summed E-state index contributed by atoms with van der Waals surface area (Å²) in [5.41, 5.74) is 2.54. The fraction of sp³-hybridized carbons (Fsp3) is 0.294. The highest BCUT2D eigenvalue weighted by atomic mass is 35.5. The molecule has 2 aromatic rings. The predicted octanol–water partition coefficient (Wildman–Crippen LogP) is 2.77. The third kappa shape index (κ3) is 5.88. The van der Waals surface area contributed by atoms with Gasteiger partial charge in [0.05, 0.1) is 17.9 Å². The van der Waals surface area contributed by atoms with Crippen LogP contribution in [-0.4, -0.2) is 37.7 Å². The van der Waals surface area contributed by atoms with E-state index < -0.39 is 0 Å². The van der Waals surface area contributed by atoms with Crippen LogP contribution in [0, 0.1) is 0 Å². The molecule has 1 heterocycles. The Morgan fingerprint density at radius 3 is 2.74 bits per heavy atom. The van der Waals surface area contributed by atoms with Crippen molar-refractivity contribution in [3.63, 3.8) is 0 Å². The minimum Gasteiger partial charge on any atom is -0.383 e. The molecule has 0 saturated heterocycles. The lowest BCUT2D eigenvalue weighted by Gasteiger charge is -2.08. The van der Waals surface area contributed by atoms with Crippen LogP contribution in [0.4, 0.5) is 5.69 Å². The number of carbonyl (C=O) groups excluding carboxylic acids is 1. The monoisotopic (exact) mass is 333 g/mol. The Balaban J connectivity index is 1.84. The molecule has 0 aliphatic carbocycles. The van der Waals surface area contributed by atoms with Crippen LogP contribution in [0.3, 0.4) is 0 Å². The van der Waals surface area contributed by atoms with Crippen molar-refractivity contribution < 1.29 is 9.53 Å². The number of anilines is 1. The SMILES string of the molecule is COCCNC(=O)c1cncc(NCCc2ccc(Cl)cc2)c1. The maximum atomic E-state index is 12.0. The highest BCUT2D eigenvalue weighted by Gasteiger charge is 2.06. The van der Waals surface area contributed by atoms with Crippen molar-refractivity contribution in [1.82, 2.24) is 10.3 Å². The molecule has 0 aliphatic rings. The summed E-state index contributed by atoms with van der Waals surface area (Å²) in [6.07, 6.45) is 4.11. The second kappa shape index (κ2) is 9.12. The molecule has 0 fully saturated rings. The van der Waals surface area contributed by atoms with Crippen LogP contribution in [0.15, 0.2) is 42.7 Å². The van der Waals surface area contributed by atoms with E-state index >= 15 is 0 Å². The van der Waals surface area contributed by atoms with Gasteiger partial charge in [-0.05, 0) is 30.2 Å². The van der Waals surface area contributed by atoms with Gasteiger partial charge in [0.15, 0.2) is 0 Å². The van der Waals surface area contributed by atoms with Crippen LogP contribution in [0.1, 0.15) is 15.9 Å². The Morgan fingerprint density at radius 2 is 2.00 bits per heavy atom. The van der Waals surface area contributed by atoms with Crippen LogP contribution in [0.2, 0.25) is 5.02 Å². The fourth-order valence-electron chi connectivity index (χ4n) is 2.03. The van der Waals surface area contributed by atoms with Gasteiger partial charge >= 0.3 is 0 Å². The number of rotatable bonds is 8. The Hall–Kier alpha value is -2.11. The van der Waals surface area contributed by atoms with E-state index in [-0.39, 0.29) is 5.91 Å². The van der Waals surface area contributed by atoms with E-state index in [0.717, 1.165) is 23.7 Å². The molecule has 0 atom stereocenters. The lowest BCUT2D eigenvalue weighted by Crippen LogP contribution is -2.27. The number of carbonyl (C=O) groups is 1. The van der Waals surface area contributed by atoms with Gasteiger partial charge in [0, 0.05) is 37.6 Å². The van der Waals surface area contributed by atoms with Gasteiger partial charge in [-0.15, -0.1) is 0 Å². The molecule has 0 aliphatic heterocycles. The molecule has 0 unspecified atom stereocenters. The smallest absolute Gasteiger partial charge is 0.253 e. The molecule has 122 valence electrons. The minimum atomic E-state index is -0.157. The van der Waals surface area contributed by atoms with Gasteiger partial charge in [-0.1, -0.05) is 23.7 Å². The first-order valence-corrected chi connectivity index (χ1v) is 7.77. The molecule has 6 heteroatoms. The zero-order chi connectivity index (χ0) is 16.5. The second-order valence-corrected chi connectivity index (χ2v) is 5.45. The van der Waals surface area contributed by atoms with Crippen molar-refractivity contribution in [2.75, 3.05) is 32.1 Å². The summed E-state index contributed by atoms with van der Waals surface area (Å²) in [6.45, 7) is 1.71. The summed E-state index contributed by atoms with van der Waals surface area (Å²) in [5, 5.41) is 6.77. The first kappa shape index (κ1) is 17.2. The molecule has 2 N–H and O–H groups in total. The number of nitrogens with one attached hydrogen (secondary N) is 2. The second-order valence-electron chi connectivity index (χ2n) is 5.01. The highest BCUT2D eigenvalue weighted by Crippen LogP contribution is 2.11. The molecule has 1 aromatic heterocycles. The molecule has 0 saturated carbocycles. The summed E-state index contributed by atoms with van der Waals surface area (Å²) in [6, 6.07) is 9.55. The van der Waals surface area contributed by atoms with Gasteiger partial charge in [0.2, 0.25) is 0 Å². The van der Waals surface area contributed by atoms with Gasteiger partial charge in [0.1, 0.15) is 0 Å². The Kier molecular flexibility index (Phi) is 6.84. The molecule has 2 rings (SSSR count). The van der Waals surface area contributed by atoms with E-state index in [0.29, 0.717) is 18.7 Å².